The van der Waals surface area contributed by atoms with Gasteiger partial charge >= 0.3 is 0 Å². The lowest BCUT2D eigenvalue weighted by Gasteiger charge is -2.31. The fourth-order valence-corrected chi connectivity index (χ4v) is 3.66. The van der Waals surface area contributed by atoms with E-state index in [0.29, 0.717) is 23.1 Å². The first kappa shape index (κ1) is 19.1. The molecule has 5 heteroatoms. The molecule has 0 unspecified atom stereocenters. The molecule has 1 aromatic heterocycles. The van der Waals surface area contributed by atoms with E-state index < -0.39 is 0 Å². The highest BCUT2D eigenvalue weighted by atomic mass is 16.2. The Bertz CT molecular complexity index is 967. The van der Waals surface area contributed by atoms with Gasteiger partial charge in [-0.05, 0) is 30.9 Å². The van der Waals surface area contributed by atoms with Crippen molar-refractivity contribution in [2.24, 2.45) is 5.92 Å². The number of likely N-dealkylation sites (tertiary alicyclic amines) is 1. The maximum atomic E-state index is 13.3. The zero-order valence-corrected chi connectivity index (χ0v) is 17.0. The Kier molecular flexibility index (Phi) is 5.56. The summed E-state index contributed by atoms with van der Waals surface area (Å²) in [4.78, 5) is 26.6. The molecule has 1 amide bonds. The van der Waals surface area contributed by atoms with E-state index >= 15 is 0 Å². The number of hydrogen-bond acceptors (Lipinski definition) is 4. The molecule has 1 aliphatic heterocycles. The summed E-state index contributed by atoms with van der Waals surface area (Å²) in [7, 11) is 1.95. The fourth-order valence-electron chi connectivity index (χ4n) is 3.66. The van der Waals surface area contributed by atoms with Gasteiger partial charge in [-0.2, -0.15) is 0 Å². The number of para-hydroxylation sites is 1. The summed E-state index contributed by atoms with van der Waals surface area (Å²) in [6.45, 7) is 3.82. The van der Waals surface area contributed by atoms with Crippen molar-refractivity contribution in [2.45, 2.75) is 19.8 Å². The van der Waals surface area contributed by atoms with Gasteiger partial charge in [0, 0.05) is 37.6 Å². The smallest absolute Gasteiger partial charge is 0.259 e. The van der Waals surface area contributed by atoms with Crippen LogP contribution in [-0.4, -0.2) is 40.9 Å². The molecule has 0 radical (unpaired) electrons. The molecule has 0 N–H and O–H groups in total. The Labute approximate surface area is 172 Å². The maximum absolute atomic E-state index is 13.3. The van der Waals surface area contributed by atoms with Crippen LogP contribution in [0.5, 0.6) is 0 Å². The highest BCUT2D eigenvalue weighted by Crippen LogP contribution is 2.29. The quantitative estimate of drug-likeness (QED) is 0.647. The third kappa shape index (κ3) is 4.14. The SMILES string of the molecule is CC1CCN(C(=O)c2cnc(-c3ccccc3)nc2N(C)c2ccccc2)CC1. The number of carbonyl (C=O) groups excluding carboxylic acids is 1. The summed E-state index contributed by atoms with van der Waals surface area (Å²) in [5, 5.41) is 0. The van der Waals surface area contributed by atoms with E-state index in [2.05, 4.69) is 11.9 Å². The Hall–Kier alpha value is -3.21. The topological polar surface area (TPSA) is 49.3 Å². The molecule has 0 saturated carbocycles. The standard InChI is InChI=1S/C24H26N4O/c1-18-13-15-28(16-14-18)24(29)21-17-25-22(19-9-5-3-6-10-19)26-23(21)27(2)20-11-7-4-8-12-20/h3-12,17-18H,13-16H2,1-2H3. The third-order valence-electron chi connectivity index (χ3n) is 5.56. The van der Waals surface area contributed by atoms with Gasteiger partial charge in [-0.3, -0.25) is 4.79 Å². The lowest BCUT2D eigenvalue weighted by molar-refractivity contribution is 0.0697. The van der Waals surface area contributed by atoms with Crippen LogP contribution in [-0.2, 0) is 0 Å². The Morgan fingerprint density at radius 1 is 1.00 bits per heavy atom. The second-order valence-electron chi connectivity index (χ2n) is 7.67. The number of aromatic nitrogens is 2. The van der Waals surface area contributed by atoms with Gasteiger partial charge in [-0.25, -0.2) is 9.97 Å². The van der Waals surface area contributed by atoms with Crippen LogP contribution in [0.15, 0.2) is 66.9 Å². The van der Waals surface area contributed by atoms with E-state index in [1.165, 1.54) is 0 Å². The largest absolute Gasteiger partial charge is 0.338 e. The molecule has 0 bridgehead atoms. The first-order valence-electron chi connectivity index (χ1n) is 10.1. The van der Waals surface area contributed by atoms with Gasteiger partial charge in [0.1, 0.15) is 11.4 Å². The number of benzene rings is 2. The van der Waals surface area contributed by atoms with E-state index in [1.54, 1.807) is 6.20 Å². The van der Waals surface area contributed by atoms with Crippen LogP contribution in [0.3, 0.4) is 0 Å². The van der Waals surface area contributed by atoms with Crippen LogP contribution in [0.4, 0.5) is 11.5 Å². The molecule has 1 aliphatic rings. The summed E-state index contributed by atoms with van der Waals surface area (Å²) in [5.41, 5.74) is 2.46. The molecule has 0 spiro atoms. The van der Waals surface area contributed by atoms with Crippen LogP contribution >= 0.6 is 0 Å². The maximum Gasteiger partial charge on any atom is 0.259 e. The number of rotatable bonds is 4. The average molecular weight is 386 g/mol. The molecule has 29 heavy (non-hydrogen) atoms. The van der Waals surface area contributed by atoms with Crippen molar-refractivity contribution in [3.05, 3.63) is 72.4 Å². The summed E-state index contributed by atoms with van der Waals surface area (Å²) in [6.07, 6.45) is 3.77. The highest BCUT2D eigenvalue weighted by Gasteiger charge is 2.26. The first-order chi connectivity index (χ1) is 14.1. The van der Waals surface area contributed by atoms with Crippen LogP contribution in [0, 0.1) is 5.92 Å². The second kappa shape index (κ2) is 8.43. The van der Waals surface area contributed by atoms with Gasteiger partial charge in [0.2, 0.25) is 0 Å². The fraction of sp³-hybridized carbons (Fsp3) is 0.292. The molecule has 148 valence electrons. The number of carbonyl (C=O) groups is 1. The van der Waals surface area contributed by atoms with E-state index in [4.69, 9.17) is 4.98 Å². The predicted molar refractivity (Wildman–Crippen MR) is 116 cm³/mol. The van der Waals surface area contributed by atoms with Crippen molar-refractivity contribution in [3.8, 4) is 11.4 Å². The van der Waals surface area contributed by atoms with Gasteiger partial charge in [0.25, 0.3) is 5.91 Å². The molecular weight excluding hydrogens is 360 g/mol. The molecule has 1 fully saturated rings. The molecule has 2 aromatic carbocycles. The van der Waals surface area contributed by atoms with Crippen molar-refractivity contribution < 1.29 is 4.79 Å². The molecule has 4 rings (SSSR count). The van der Waals surface area contributed by atoms with Crippen molar-refractivity contribution in [2.75, 3.05) is 25.0 Å². The lowest BCUT2D eigenvalue weighted by Crippen LogP contribution is -2.38. The normalized spacial score (nSPS) is 14.6. The van der Waals surface area contributed by atoms with E-state index in [9.17, 15) is 4.79 Å². The van der Waals surface area contributed by atoms with Crippen LogP contribution in [0.1, 0.15) is 30.1 Å². The molecule has 3 aromatic rings. The average Bonchev–Trinajstić information content (AvgIpc) is 2.79. The molecule has 1 saturated heterocycles. The first-order valence-corrected chi connectivity index (χ1v) is 10.1. The van der Waals surface area contributed by atoms with Crippen LogP contribution in [0.2, 0.25) is 0 Å². The van der Waals surface area contributed by atoms with Crippen molar-refractivity contribution in [1.29, 1.82) is 0 Å². The number of nitrogens with zero attached hydrogens (tertiary/aromatic N) is 4. The molecule has 2 heterocycles. The minimum Gasteiger partial charge on any atom is -0.338 e. The van der Waals surface area contributed by atoms with Crippen LogP contribution in [0.25, 0.3) is 11.4 Å². The third-order valence-corrected chi connectivity index (χ3v) is 5.56. The number of amides is 1. The van der Waals surface area contributed by atoms with Gasteiger partial charge in [-0.15, -0.1) is 0 Å². The molecule has 0 atom stereocenters. The van der Waals surface area contributed by atoms with E-state index in [1.807, 2.05) is 77.5 Å². The second-order valence-corrected chi connectivity index (χ2v) is 7.67. The van der Waals surface area contributed by atoms with Crippen molar-refractivity contribution in [3.63, 3.8) is 0 Å². The monoisotopic (exact) mass is 386 g/mol. The highest BCUT2D eigenvalue weighted by molar-refractivity contribution is 5.99. The lowest BCUT2D eigenvalue weighted by atomic mass is 9.99. The minimum absolute atomic E-state index is 0.00860. The van der Waals surface area contributed by atoms with Crippen LogP contribution < -0.4 is 4.90 Å². The molecular formula is C24H26N4O. The summed E-state index contributed by atoms with van der Waals surface area (Å²) >= 11 is 0. The molecule has 0 aliphatic carbocycles. The molecule has 5 nitrogen and oxygen atoms in total. The van der Waals surface area contributed by atoms with E-state index in [0.717, 1.165) is 37.2 Å². The Morgan fingerprint density at radius 2 is 1.62 bits per heavy atom. The Morgan fingerprint density at radius 3 is 2.28 bits per heavy atom. The van der Waals surface area contributed by atoms with Gasteiger partial charge in [0.05, 0.1) is 0 Å². The number of anilines is 2. The summed E-state index contributed by atoms with van der Waals surface area (Å²) in [6, 6.07) is 19.8. The van der Waals surface area contributed by atoms with Gasteiger partial charge < -0.3 is 9.80 Å². The summed E-state index contributed by atoms with van der Waals surface area (Å²) < 4.78 is 0. The predicted octanol–water partition coefficient (Wildman–Crippen LogP) is 4.78. The number of piperidine rings is 1. The zero-order valence-electron chi connectivity index (χ0n) is 17.0. The van der Waals surface area contributed by atoms with E-state index in [-0.39, 0.29) is 5.91 Å². The van der Waals surface area contributed by atoms with Crippen molar-refractivity contribution >= 4 is 17.4 Å². The van der Waals surface area contributed by atoms with Crippen molar-refractivity contribution in [1.82, 2.24) is 14.9 Å². The Balaban J connectivity index is 1.74. The minimum atomic E-state index is 0.00860. The zero-order chi connectivity index (χ0) is 20.2. The number of hydrogen-bond donors (Lipinski definition) is 0. The van der Waals surface area contributed by atoms with Gasteiger partial charge in [-0.1, -0.05) is 55.5 Å². The summed E-state index contributed by atoms with van der Waals surface area (Å²) in [5.74, 6) is 1.93. The van der Waals surface area contributed by atoms with Gasteiger partial charge in [0.15, 0.2) is 5.82 Å².